The molecule has 0 N–H and O–H groups in total. The number of hydrogen-bond acceptors (Lipinski definition) is 4. The summed E-state index contributed by atoms with van der Waals surface area (Å²) in [6, 6.07) is 8.61. The van der Waals surface area contributed by atoms with E-state index in [0.717, 1.165) is 51.3 Å². The highest BCUT2D eigenvalue weighted by Crippen LogP contribution is 2.43. The standard InChI is InChI=1S/C22H29BrNO4/c1-24(2)8-7-14-10-19(25-3)21(27-5)12-16(14)18(24)9-15-11-20(26-4)22(28-6)13-17(15)23/h10-13,18H,7-9H2,1-6H3/q+1/t18-/m1/s1. The van der Waals surface area contributed by atoms with Crippen molar-refractivity contribution in [3.63, 3.8) is 0 Å². The van der Waals surface area contributed by atoms with Gasteiger partial charge in [-0.3, -0.25) is 0 Å². The van der Waals surface area contributed by atoms with E-state index in [4.69, 9.17) is 18.9 Å². The van der Waals surface area contributed by atoms with Crippen molar-refractivity contribution in [2.45, 2.75) is 18.9 Å². The Balaban J connectivity index is 2.07. The predicted molar refractivity (Wildman–Crippen MR) is 114 cm³/mol. The fourth-order valence-corrected chi connectivity index (χ4v) is 4.51. The number of methoxy groups -OCH3 is 4. The average Bonchev–Trinajstić information content (AvgIpc) is 2.69. The van der Waals surface area contributed by atoms with Crippen molar-refractivity contribution >= 4 is 15.9 Å². The zero-order valence-electron chi connectivity index (χ0n) is 17.5. The van der Waals surface area contributed by atoms with Crippen LogP contribution in [0.4, 0.5) is 0 Å². The van der Waals surface area contributed by atoms with Crippen LogP contribution in [0.2, 0.25) is 0 Å². The van der Waals surface area contributed by atoms with E-state index in [-0.39, 0.29) is 6.04 Å². The number of hydrogen-bond donors (Lipinski definition) is 0. The summed E-state index contributed by atoms with van der Waals surface area (Å²) in [6.45, 7) is 1.07. The molecule has 2 aromatic carbocycles. The van der Waals surface area contributed by atoms with E-state index in [9.17, 15) is 0 Å². The SMILES string of the molecule is COc1cc(Br)c(C[C@@H]2c3cc(OC)c(OC)cc3CC[N+]2(C)C)cc1OC. The number of fused-ring (bicyclic) bond motifs is 1. The lowest BCUT2D eigenvalue weighted by molar-refractivity contribution is -0.923. The second kappa shape index (κ2) is 8.21. The van der Waals surface area contributed by atoms with Crippen LogP contribution in [0.3, 0.4) is 0 Å². The molecule has 1 aliphatic rings. The Morgan fingerprint density at radius 1 is 0.857 bits per heavy atom. The molecular formula is C22H29BrNO4+. The third-order valence-electron chi connectivity index (χ3n) is 5.77. The van der Waals surface area contributed by atoms with Gasteiger partial charge in [0.15, 0.2) is 23.0 Å². The van der Waals surface area contributed by atoms with Crippen LogP contribution >= 0.6 is 15.9 Å². The molecule has 0 amide bonds. The van der Waals surface area contributed by atoms with Gasteiger partial charge in [-0.15, -0.1) is 0 Å². The van der Waals surface area contributed by atoms with Gasteiger partial charge in [0.25, 0.3) is 0 Å². The molecule has 6 heteroatoms. The van der Waals surface area contributed by atoms with Gasteiger partial charge in [-0.2, -0.15) is 0 Å². The van der Waals surface area contributed by atoms with Crippen LogP contribution in [0, 0.1) is 0 Å². The molecule has 0 spiro atoms. The average molecular weight is 451 g/mol. The molecule has 0 bridgehead atoms. The maximum atomic E-state index is 5.58. The smallest absolute Gasteiger partial charge is 0.161 e. The van der Waals surface area contributed by atoms with Crippen LogP contribution in [0.25, 0.3) is 0 Å². The number of nitrogens with zero attached hydrogens (tertiary/aromatic N) is 1. The summed E-state index contributed by atoms with van der Waals surface area (Å²) in [6.07, 6.45) is 1.89. The fourth-order valence-electron chi connectivity index (χ4n) is 4.02. The van der Waals surface area contributed by atoms with Crippen molar-refractivity contribution < 1.29 is 23.4 Å². The van der Waals surface area contributed by atoms with Gasteiger partial charge in [0.1, 0.15) is 6.04 Å². The number of quaternary nitrogens is 1. The van der Waals surface area contributed by atoms with Gasteiger partial charge in [0, 0.05) is 22.9 Å². The molecule has 0 saturated carbocycles. The molecule has 2 aromatic rings. The highest BCUT2D eigenvalue weighted by molar-refractivity contribution is 9.10. The molecule has 152 valence electrons. The van der Waals surface area contributed by atoms with Gasteiger partial charge >= 0.3 is 0 Å². The summed E-state index contributed by atoms with van der Waals surface area (Å²) in [4.78, 5) is 0. The molecule has 1 atom stereocenters. The normalized spacial score (nSPS) is 17.6. The quantitative estimate of drug-likeness (QED) is 0.611. The summed E-state index contributed by atoms with van der Waals surface area (Å²) >= 11 is 3.72. The first-order valence-electron chi connectivity index (χ1n) is 9.32. The number of benzene rings is 2. The summed E-state index contributed by atoms with van der Waals surface area (Å²) in [7, 11) is 11.3. The molecule has 3 rings (SSSR count). The molecular weight excluding hydrogens is 422 g/mol. The molecule has 0 saturated heterocycles. The summed E-state index contributed by atoms with van der Waals surface area (Å²) < 4.78 is 24.0. The van der Waals surface area contributed by atoms with Gasteiger partial charge in [-0.1, -0.05) is 15.9 Å². The third-order valence-corrected chi connectivity index (χ3v) is 6.51. The Hall–Kier alpha value is -1.92. The van der Waals surface area contributed by atoms with E-state index in [1.165, 1.54) is 16.7 Å². The minimum atomic E-state index is 0.290. The molecule has 28 heavy (non-hydrogen) atoms. The van der Waals surface area contributed by atoms with Gasteiger partial charge in [-0.05, 0) is 35.4 Å². The van der Waals surface area contributed by atoms with E-state index < -0.39 is 0 Å². The molecule has 0 aliphatic carbocycles. The number of likely N-dealkylation sites (N-methyl/N-ethyl adjacent to an activating group) is 1. The molecule has 0 fully saturated rings. The fraction of sp³-hybridized carbons (Fsp3) is 0.455. The van der Waals surface area contributed by atoms with Crippen molar-refractivity contribution in [2.75, 3.05) is 49.1 Å². The number of ether oxygens (including phenoxy) is 4. The van der Waals surface area contributed by atoms with Crippen LogP contribution in [0.15, 0.2) is 28.7 Å². The van der Waals surface area contributed by atoms with Gasteiger partial charge < -0.3 is 23.4 Å². The Kier molecular flexibility index (Phi) is 6.10. The first-order valence-corrected chi connectivity index (χ1v) is 10.1. The van der Waals surface area contributed by atoms with Gasteiger partial charge in [0.05, 0.1) is 49.1 Å². The lowest BCUT2D eigenvalue weighted by Crippen LogP contribution is -2.48. The van der Waals surface area contributed by atoms with Crippen molar-refractivity contribution in [1.29, 1.82) is 0 Å². The lowest BCUT2D eigenvalue weighted by Gasteiger charge is -2.43. The Bertz CT molecular complexity index is 866. The van der Waals surface area contributed by atoms with Crippen LogP contribution < -0.4 is 18.9 Å². The monoisotopic (exact) mass is 450 g/mol. The summed E-state index contributed by atoms with van der Waals surface area (Å²) in [5.41, 5.74) is 3.84. The topological polar surface area (TPSA) is 36.9 Å². The first kappa shape index (κ1) is 20.8. The van der Waals surface area contributed by atoms with E-state index in [1.807, 2.05) is 6.07 Å². The van der Waals surface area contributed by atoms with Crippen molar-refractivity contribution in [2.24, 2.45) is 0 Å². The molecule has 0 radical (unpaired) electrons. The van der Waals surface area contributed by atoms with Crippen LogP contribution in [0.5, 0.6) is 23.0 Å². The van der Waals surface area contributed by atoms with E-state index >= 15 is 0 Å². The minimum Gasteiger partial charge on any atom is -0.493 e. The maximum Gasteiger partial charge on any atom is 0.161 e. The summed E-state index contributed by atoms with van der Waals surface area (Å²) in [5.74, 6) is 3.04. The number of rotatable bonds is 6. The Morgan fingerprint density at radius 2 is 1.39 bits per heavy atom. The second-order valence-corrected chi connectivity index (χ2v) is 8.53. The molecule has 0 aromatic heterocycles. The third kappa shape index (κ3) is 3.80. The minimum absolute atomic E-state index is 0.290. The van der Waals surface area contributed by atoms with Gasteiger partial charge in [0.2, 0.25) is 0 Å². The van der Waals surface area contributed by atoms with Crippen molar-refractivity contribution in [1.82, 2.24) is 0 Å². The molecule has 5 nitrogen and oxygen atoms in total. The summed E-state index contributed by atoms with van der Waals surface area (Å²) in [5, 5.41) is 0. The van der Waals surface area contributed by atoms with E-state index in [1.54, 1.807) is 28.4 Å². The van der Waals surface area contributed by atoms with Crippen LogP contribution in [-0.2, 0) is 12.8 Å². The molecule has 0 unspecified atom stereocenters. The largest absolute Gasteiger partial charge is 0.493 e. The zero-order valence-corrected chi connectivity index (χ0v) is 19.1. The first-order chi connectivity index (χ1) is 13.3. The lowest BCUT2D eigenvalue weighted by atomic mass is 9.87. The van der Waals surface area contributed by atoms with Crippen LogP contribution in [-0.4, -0.2) is 53.6 Å². The Morgan fingerprint density at radius 3 is 2.00 bits per heavy atom. The highest BCUT2D eigenvalue weighted by atomic mass is 79.9. The van der Waals surface area contributed by atoms with E-state index in [2.05, 4.69) is 48.2 Å². The van der Waals surface area contributed by atoms with Crippen molar-refractivity contribution in [3.05, 3.63) is 45.4 Å². The number of halogens is 1. The van der Waals surface area contributed by atoms with Crippen molar-refractivity contribution in [3.8, 4) is 23.0 Å². The highest BCUT2D eigenvalue weighted by Gasteiger charge is 2.37. The van der Waals surface area contributed by atoms with E-state index in [0.29, 0.717) is 0 Å². The molecule has 1 aliphatic heterocycles. The second-order valence-electron chi connectivity index (χ2n) is 7.68. The zero-order chi connectivity index (χ0) is 20.5. The van der Waals surface area contributed by atoms with Gasteiger partial charge in [-0.25, -0.2) is 0 Å². The predicted octanol–water partition coefficient (Wildman–Crippen LogP) is 4.40. The maximum absolute atomic E-state index is 5.58. The van der Waals surface area contributed by atoms with Crippen LogP contribution in [0.1, 0.15) is 22.7 Å². The molecule has 1 heterocycles. The Labute approximate surface area is 175 Å².